The SMILES string of the molecule is c1ncc(N2CC3CCC3C2)cc1OCC1CCCN1. The molecule has 3 heterocycles. The van der Waals surface area contributed by atoms with Crippen molar-refractivity contribution in [2.45, 2.75) is 31.7 Å². The molecule has 0 aromatic carbocycles. The van der Waals surface area contributed by atoms with Gasteiger partial charge in [0.05, 0.1) is 18.1 Å². The van der Waals surface area contributed by atoms with Gasteiger partial charge >= 0.3 is 0 Å². The highest BCUT2D eigenvalue weighted by molar-refractivity contribution is 5.49. The van der Waals surface area contributed by atoms with Crippen LogP contribution in [0.2, 0.25) is 0 Å². The second-order valence-corrected chi connectivity index (χ2v) is 6.49. The van der Waals surface area contributed by atoms with E-state index in [4.69, 9.17) is 4.74 Å². The van der Waals surface area contributed by atoms with Crippen molar-refractivity contribution < 1.29 is 4.74 Å². The first-order valence-electron chi connectivity index (χ1n) is 7.95. The zero-order chi connectivity index (χ0) is 13.4. The van der Waals surface area contributed by atoms with Gasteiger partial charge in [-0.3, -0.25) is 4.98 Å². The number of anilines is 1. The quantitative estimate of drug-likeness (QED) is 0.911. The Labute approximate surface area is 120 Å². The minimum Gasteiger partial charge on any atom is -0.490 e. The lowest BCUT2D eigenvalue weighted by molar-refractivity contribution is 0.243. The van der Waals surface area contributed by atoms with Gasteiger partial charge in [0.15, 0.2) is 0 Å². The molecular formula is C16H23N3O. The normalized spacial score (nSPS) is 32.0. The van der Waals surface area contributed by atoms with Crippen LogP contribution in [-0.4, -0.2) is 37.3 Å². The second-order valence-electron chi connectivity index (χ2n) is 6.49. The summed E-state index contributed by atoms with van der Waals surface area (Å²) in [5.41, 5.74) is 1.23. The summed E-state index contributed by atoms with van der Waals surface area (Å²) in [6.07, 6.45) is 9.14. The molecule has 108 valence electrons. The van der Waals surface area contributed by atoms with Crippen LogP contribution >= 0.6 is 0 Å². The Bertz CT molecular complexity index is 461. The van der Waals surface area contributed by atoms with Crippen LogP contribution in [0.3, 0.4) is 0 Å². The Kier molecular flexibility index (Phi) is 3.26. The van der Waals surface area contributed by atoms with Crippen molar-refractivity contribution in [3.05, 3.63) is 18.5 Å². The zero-order valence-electron chi connectivity index (χ0n) is 11.9. The van der Waals surface area contributed by atoms with Crippen LogP contribution in [0.25, 0.3) is 0 Å². The van der Waals surface area contributed by atoms with Gasteiger partial charge in [0.25, 0.3) is 0 Å². The van der Waals surface area contributed by atoms with E-state index < -0.39 is 0 Å². The highest BCUT2D eigenvalue weighted by Crippen LogP contribution is 2.42. The Morgan fingerprint density at radius 1 is 1.20 bits per heavy atom. The van der Waals surface area contributed by atoms with Crippen molar-refractivity contribution in [2.24, 2.45) is 11.8 Å². The fourth-order valence-corrected chi connectivity index (χ4v) is 3.73. The lowest BCUT2D eigenvalue weighted by Gasteiger charge is -2.27. The van der Waals surface area contributed by atoms with Gasteiger partial charge in [0.2, 0.25) is 0 Å². The molecule has 0 radical (unpaired) electrons. The van der Waals surface area contributed by atoms with Crippen molar-refractivity contribution in [3.8, 4) is 5.75 Å². The smallest absolute Gasteiger partial charge is 0.139 e. The largest absolute Gasteiger partial charge is 0.490 e. The fourth-order valence-electron chi connectivity index (χ4n) is 3.73. The van der Waals surface area contributed by atoms with Crippen LogP contribution in [0.4, 0.5) is 5.69 Å². The first-order valence-corrected chi connectivity index (χ1v) is 7.95. The van der Waals surface area contributed by atoms with Crippen molar-refractivity contribution in [2.75, 3.05) is 31.1 Å². The molecule has 20 heavy (non-hydrogen) atoms. The van der Waals surface area contributed by atoms with Crippen LogP contribution < -0.4 is 15.0 Å². The summed E-state index contributed by atoms with van der Waals surface area (Å²) in [4.78, 5) is 6.84. The minimum absolute atomic E-state index is 0.515. The molecule has 2 aliphatic heterocycles. The van der Waals surface area contributed by atoms with E-state index in [0.29, 0.717) is 6.04 Å². The van der Waals surface area contributed by atoms with E-state index in [-0.39, 0.29) is 0 Å². The second kappa shape index (κ2) is 5.24. The highest BCUT2D eigenvalue weighted by Gasteiger charge is 2.39. The lowest BCUT2D eigenvalue weighted by Crippen LogP contribution is -2.28. The van der Waals surface area contributed by atoms with Crippen molar-refractivity contribution >= 4 is 5.69 Å². The number of ether oxygens (including phenoxy) is 1. The van der Waals surface area contributed by atoms with E-state index in [1.165, 1.54) is 44.5 Å². The van der Waals surface area contributed by atoms with Gasteiger partial charge in [-0.25, -0.2) is 0 Å². The molecule has 4 nitrogen and oxygen atoms in total. The number of hydrogen-bond donors (Lipinski definition) is 1. The third-order valence-electron chi connectivity index (χ3n) is 5.16. The third-order valence-corrected chi connectivity index (χ3v) is 5.16. The third kappa shape index (κ3) is 2.37. The first kappa shape index (κ1) is 12.5. The molecule has 3 aliphatic rings. The number of pyridine rings is 1. The van der Waals surface area contributed by atoms with Gasteiger partial charge in [0, 0.05) is 25.2 Å². The summed E-state index contributed by atoms with van der Waals surface area (Å²) < 4.78 is 5.91. The van der Waals surface area contributed by atoms with Crippen LogP contribution in [0.5, 0.6) is 5.75 Å². The number of nitrogens with zero attached hydrogens (tertiary/aromatic N) is 2. The molecule has 4 heteroatoms. The van der Waals surface area contributed by atoms with Crippen LogP contribution in [-0.2, 0) is 0 Å². The molecule has 0 amide bonds. The lowest BCUT2D eigenvalue weighted by atomic mass is 9.77. The monoisotopic (exact) mass is 273 g/mol. The molecule has 1 N–H and O–H groups in total. The van der Waals surface area contributed by atoms with E-state index in [1.807, 2.05) is 12.4 Å². The average Bonchev–Trinajstić information content (AvgIpc) is 3.06. The highest BCUT2D eigenvalue weighted by atomic mass is 16.5. The van der Waals surface area contributed by atoms with Gasteiger partial charge in [0.1, 0.15) is 12.4 Å². The topological polar surface area (TPSA) is 37.4 Å². The molecule has 0 spiro atoms. The molecular weight excluding hydrogens is 250 g/mol. The van der Waals surface area contributed by atoms with Gasteiger partial charge in [-0.2, -0.15) is 0 Å². The van der Waals surface area contributed by atoms with Gasteiger partial charge in [-0.05, 0) is 44.1 Å². The maximum absolute atomic E-state index is 5.91. The van der Waals surface area contributed by atoms with Gasteiger partial charge < -0.3 is 15.0 Å². The summed E-state index contributed by atoms with van der Waals surface area (Å²) in [6.45, 7) is 4.30. The van der Waals surface area contributed by atoms with Crippen LogP contribution in [0, 0.1) is 11.8 Å². The Balaban J connectivity index is 1.39. The summed E-state index contributed by atoms with van der Waals surface area (Å²) in [5.74, 6) is 2.78. The summed E-state index contributed by atoms with van der Waals surface area (Å²) in [6, 6.07) is 2.67. The van der Waals surface area contributed by atoms with Crippen molar-refractivity contribution in [3.63, 3.8) is 0 Å². The number of hydrogen-bond acceptors (Lipinski definition) is 4. The van der Waals surface area contributed by atoms with Crippen LogP contribution in [0.15, 0.2) is 18.5 Å². The van der Waals surface area contributed by atoms with E-state index in [0.717, 1.165) is 30.7 Å². The Morgan fingerprint density at radius 2 is 2.05 bits per heavy atom. The standard InChI is InChI=1S/C16H23N3O/c1-2-14(18-5-1)11-20-16-6-15(7-17-8-16)19-9-12-3-4-13(12)10-19/h6-8,12-14,18H,1-5,9-11H2. The molecule has 1 aliphatic carbocycles. The Morgan fingerprint density at radius 3 is 2.75 bits per heavy atom. The fraction of sp³-hybridized carbons (Fsp3) is 0.688. The average molecular weight is 273 g/mol. The van der Waals surface area contributed by atoms with Crippen molar-refractivity contribution in [1.82, 2.24) is 10.3 Å². The predicted molar refractivity (Wildman–Crippen MR) is 79.2 cm³/mol. The minimum atomic E-state index is 0.515. The molecule has 1 saturated carbocycles. The number of nitrogens with one attached hydrogen (secondary N) is 1. The molecule has 1 aromatic rings. The summed E-state index contributed by atoms with van der Waals surface area (Å²) in [7, 11) is 0. The van der Waals surface area contributed by atoms with E-state index in [9.17, 15) is 0 Å². The van der Waals surface area contributed by atoms with E-state index in [1.54, 1.807) is 0 Å². The predicted octanol–water partition coefficient (Wildman–Crippen LogP) is 2.06. The number of fused-ring (bicyclic) bond motifs is 1. The maximum atomic E-state index is 5.91. The van der Waals surface area contributed by atoms with Crippen LogP contribution in [0.1, 0.15) is 25.7 Å². The summed E-state index contributed by atoms with van der Waals surface area (Å²) in [5, 5.41) is 3.46. The zero-order valence-corrected chi connectivity index (χ0v) is 11.9. The molecule has 3 unspecified atom stereocenters. The van der Waals surface area contributed by atoms with Gasteiger partial charge in [-0.15, -0.1) is 0 Å². The number of aromatic nitrogens is 1. The van der Waals surface area contributed by atoms with E-state index >= 15 is 0 Å². The van der Waals surface area contributed by atoms with E-state index in [2.05, 4.69) is 21.3 Å². The molecule has 0 bridgehead atoms. The first-order chi connectivity index (χ1) is 9.88. The Hall–Kier alpha value is -1.29. The molecule has 1 aromatic heterocycles. The molecule has 2 saturated heterocycles. The summed E-state index contributed by atoms with van der Waals surface area (Å²) >= 11 is 0. The molecule has 4 rings (SSSR count). The number of rotatable bonds is 4. The molecule has 3 atom stereocenters. The molecule has 3 fully saturated rings. The van der Waals surface area contributed by atoms with Crippen molar-refractivity contribution in [1.29, 1.82) is 0 Å². The van der Waals surface area contributed by atoms with Gasteiger partial charge in [-0.1, -0.05) is 0 Å². The maximum Gasteiger partial charge on any atom is 0.139 e.